The van der Waals surface area contributed by atoms with Crippen LogP contribution in [0.15, 0.2) is 54.7 Å². The minimum atomic E-state index is -0.534. The molecule has 1 saturated heterocycles. The average Bonchev–Trinajstić information content (AvgIpc) is 3.29. The Kier molecular flexibility index (Phi) is 7.26. The van der Waals surface area contributed by atoms with Crippen LogP contribution in [0.5, 0.6) is 0 Å². The number of hydrogen-bond acceptors (Lipinski definition) is 5. The topological polar surface area (TPSA) is 101 Å². The highest BCUT2D eigenvalue weighted by atomic mass is 19.1. The number of nitrogens with one attached hydrogen (secondary N) is 2. The summed E-state index contributed by atoms with van der Waals surface area (Å²) >= 11 is 0. The van der Waals surface area contributed by atoms with Crippen LogP contribution in [0.25, 0.3) is 11.3 Å². The molecule has 33 heavy (non-hydrogen) atoms. The van der Waals surface area contributed by atoms with E-state index in [4.69, 9.17) is 4.74 Å². The van der Waals surface area contributed by atoms with Crippen molar-refractivity contribution in [3.8, 4) is 11.3 Å². The van der Waals surface area contributed by atoms with Gasteiger partial charge in [0.1, 0.15) is 23.4 Å². The fourth-order valence-electron chi connectivity index (χ4n) is 3.81. The van der Waals surface area contributed by atoms with Gasteiger partial charge in [0.2, 0.25) is 0 Å². The van der Waals surface area contributed by atoms with Crippen molar-refractivity contribution >= 4 is 11.7 Å². The lowest BCUT2D eigenvalue weighted by molar-refractivity contribution is -0.0905. The molecule has 3 aromatic rings. The van der Waals surface area contributed by atoms with E-state index in [0.717, 1.165) is 5.56 Å². The Balaban J connectivity index is 1.26. The first kappa shape index (κ1) is 22.8. The lowest BCUT2D eigenvalue weighted by Gasteiger charge is -2.36. The average molecular weight is 457 g/mol. The minimum Gasteiger partial charge on any atom is -0.394 e. The van der Waals surface area contributed by atoms with Gasteiger partial charge in [-0.3, -0.25) is 4.68 Å². The summed E-state index contributed by atoms with van der Waals surface area (Å²) in [5.41, 5.74) is 1.91. The summed E-state index contributed by atoms with van der Waals surface area (Å²) in [6.07, 6.45) is 3.18. The number of aryl methyl sites for hydroxylation is 1. The second kappa shape index (κ2) is 10.5. The van der Waals surface area contributed by atoms with Gasteiger partial charge in [-0.25, -0.2) is 13.6 Å². The van der Waals surface area contributed by atoms with Crippen LogP contribution in [0.4, 0.5) is 19.3 Å². The molecular weight excluding hydrogens is 432 g/mol. The number of aliphatic hydroxyl groups is 1. The molecule has 2 heterocycles. The maximum absolute atomic E-state index is 13.1. The van der Waals surface area contributed by atoms with Gasteiger partial charge in [-0.05, 0) is 67.8 Å². The standard InChI is InChI=1S/C23H25F2N5O3/c24-16-3-1-15(2-4-16)21-13-30(29-28-21)12-11-19-9-10-20(22(14-31)33-19)27-23(32)26-18-7-5-17(25)6-8-18/h1-8,13,19-20,22,31H,9-12,14H2,(H2,26,27,32)/t19-,20+,22+/m0/s1. The lowest BCUT2D eigenvalue weighted by Crippen LogP contribution is -2.52. The normalized spacial score (nSPS) is 20.4. The van der Waals surface area contributed by atoms with Gasteiger partial charge < -0.3 is 20.5 Å². The summed E-state index contributed by atoms with van der Waals surface area (Å²) in [5.74, 6) is -0.689. The number of aromatic nitrogens is 3. The summed E-state index contributed by atoms with van der Waals surface area (Å²) in [5, 5.41) is 23.5. The summed E-state index contributed by atoms with van der Waals surface area (Å²) in [4.78, 5) is 12.3. The predicted octanol–water partition coefficient (Wildman–Crippen LogP) is 3.34. The molecule has 2 amide bonds. The van der Waals surface area contributed by atoms with Crippen molar-refractivity contribution in [1.29, 1.82) is 0 Å². The summed E-state index contributed by atoms with van der Waals surface area (Å²) in [6, 6.07) is 10.7. The molecule has 0 saturated carbocycles. The molecule has 8 nitrogen and oxygen atoms in total. The molecule has 3 N–H and O–H groups in total. The highest BCUT2D eigenvalue weighted by Crippen LogP contribution is 2.23. The van der Waals surface area contributed by atoms with Crippen LogP contribution in [0.1, 0.15) is 19.3 Å². The Hall–Kier alpha value is -3.37. The maximum Gasteiger partial charge on any atom is 0.319 e. The van der Waals surface area contributed by atoms with Crippen molar-refractivity contribution in [3.05, 3.63) is 66.4 Å². The number of halogens is 2. The molecule has 0 unspecified atom stereocenters. The highest BCUT2D eigenvalue weighted by Gasteiger charge is 2.31. The summed E-state index contributed by atoms with van der Waals surface area (Å²) in [6.45, 7) is 0.343. The van der Waals surface area contributed by atoms with E-state index < -0.39 is 12.1 Å². The first-order chi connectivity index (χ1) is 16.0. The molecule has 2 aromatic carbocycles. The lowest BCUT2D eigenvalue weighted by atomic mass is 9.97. The van der Waals surface area contributed by atoms with Crippen molar-refractivity contribution in [2.45, 2.75) is 44.1 Å². The number of amides is 2. The molecule has 0 aliphatic carbocycles. The number of nitrogens with zero attached hydrogens (tertiary/aromatic N) is 3. The summed E-state index contributed by atoms with van der Waals surface area (Å²) in [7, 11) is 0. The van der Waals surface area contributed by atoms with Gasteiger partial charge >= 0.3 is 6.03 Å². The number of hydrogen-bond donors (Lipinski definition) is 3. The van der Waals surface area contributed by atoms with Gasteiger partial charge in [0, 0.05) is 17.8 Å². The third-order valence-corrected chi connectivity index (χ3v) is 5.57. The van der Waals surface area contributed by atoms with E-state index in [0.29, 0.717) is 37.2 Å². The van der Waals surface area contributed by atoms with Gasteiger partial charge in [0.25, 0.3) is 0 Å². The maximum atomic E-state index is 13.1. The van der Waals surface area contributed by atoms with Crippen molar-refractivity contribution in [3.63, 3.8) is 0 Å². The fourth-order valence-corrected chi connectivity index (χ4v) is 3.81. The largest absolute Gasteiger partial charge is 0.394 e. The monoisotopic (exact) mass is 457 g/mol. The highest BCUT2D eigenvalue weighted by molar-refractivity contribution is 5.89. The van der Waals surface area contributed by atoms with E-state index in [2.05, 4.69) is 20.9 Å². The van der Waals surface area contributed by atoms with Crippen LogP contribution in [0.2, 0.25) is 0 Å². The van der Waals surface area contributed by atoms with E-state index in [-0.39, 0.29) is 30.4 Å². The molecule has 4 rings (SSSR count). The van der Waals surface area contributed by atoms with Gasteiger partial charge in [-0.1, -0.05) is 5.21 Å². The number of anilines is 1. The predicted molar refractivity (Wildman–Crippen MR) is 117 cm³/mol. The molecule has 0 bridgehead atoms. The number of urea groups is 1. The third-order valence-electron chi connectivity index (χ3n) is 5.57. The van der Waals surface area contributed by atoms with Crippen molar-refractivity contribution in [2.24, 2.45) is 0 Å². The molecule has 0 radical (unpaired) electrons. The quantitative estimate of drug-likeness (QED) is 0.505. The van der Waals surface area contributed by atoms with E-state index >= 15 is 0 Å². The van der Waals surface area contributed by atoms with Gasteiger partial charge in [-0.2, -0.15) is 0 Å². The smallest absolute Gasteiger partial charge is 0.319 e. The second-order valence-corrected chi connectivity index (χ2v) is 7.93. The molecule has 1 aliphatic rings. The van der Waals surface area contributed by atoms with Crippen LogP contribution in [0.3, 0.4) is 0 Å². The Morgan fingerprint density at radius 3 is 2.48 bits per heavy atom. The zero-order chi connectivity index (χ0) is 23.2. The second-order valence-electron chi connectivity index (χ2n) is 7.93. The Labute approximate surface area is 189 Å². The molecule has 3 atom stereocenters. The third kappa shape index (κ3) is 6.11. The van der Waals surface area contributed by atoms with Gasteiger partial charge in [0.05, 0.1) is 24.9 Å². The number of carbonyl (C=O) groups excluding carboxylic acids is 1. The van der Waals surface area contributed by atoms with Gasteiger partial charge in [0.15, 0.2) is 0 Å². The Morgan fingerprint density at radius 2 is 1.79 bits per heavy atom. The van der Waals surface area contributed by atoms with Crippen LogP contribution >= 0.6 is 0 Å². The first-order valence-corrected chi connectivity index (χ1v) is 10.8. The van der Waals surface area contributed by atoms with Crippen LogP contribution in [0, 0.1) is 11.6 Å². The Morgan fingerprint density at radius 1 is 1.09 bits per heavy atom. The fraction of sp³-hybridized carbons (Fsp3) is 0.348. The zero-order valence-electron chi connectivity index (χ0n) is 17.8. The number of aliphatic hydroxyl groups excluding tert-OH is 1. The van der Waals surface area contributed by atoms with Crippen LogP contribution in [-0.4, -0.2) is 51.0 Å². The first-order valence-electron chi connectivity index (χ1n) is 10.8. The molecular formula is C23H25F2N5O3. The van der Waals surface area contributed by atoms with Crippen LogP contribution < -0.4 is 10.6 Å². The Bertz CT molecular complexity index is 1060. The zero-order valence-corrected chi connectivity index (χ0v) is 17.8. The molecule has 1 aliphatic heterocycles. The molecule has 0 spiro atoms. The van der Waals surface area contributed by atoms with Gasteiger partial charge in [-0.15, -0.1) is 5.10 Å². The van der Waals surface area contributed by atoms with Crippen molar-refractivity contribution < 1.29 is 23.4 Å². The van der Waals surface area contributed by atoms with Crippen LogP contribution in [-0.2, 0) is 11.3 Å². The number of rotatable bonds is 7. The number of ether oxygens (including phenoxy) is 1. The molecule has 174 valence electrons. The van der Waals surface area contributed by atoms with E-state index in [1.807, 2.05) is 0 Å². The minimum absolute atomic E-state index is 0.0983. The number of benzene rings is 2. The summed E-state index contributed by atoms with van der Waals surface area (Å²) < 4.78 is 33.8. The molecule has 1 aromatic heterocycles. The van der Waals surface area contributed by atoms with E-state index in [9.17, 15) is 18.7 Å². The van der Waals surface area contributed by atoms with Crippen molar-refractivity contribution in [2.75, 3.05) is 11.9 Å². The number of carbonyl (C=O) groups is 1. The van der Waals surface area contributed by atoms with Crippen molar-refractivity contribution in [1.82, 2.24) is 20.3 Å². The molecule has 10 heteroatoms. The van der Waals surface area contributed by atoms with E-state index in [1.54, 1.807) is 23.0 Å². The molecule has 1 fully saturated rings. The SMILES string of the molecule is O=C(Nc1ccc(F)cc1)N[C@@H]1CC[C@@H](CCn2cc(-c3ccc(F)cc3)nn2)O[C@@H]1CO. The van der Waals surface area contributed by atoms with E-state index in [1.165, 1.54) is 36.4 Å².